The lowest BCUT2D eigenvalue weighted by molar-refractivity contribution is -0.157. The summed E-state index contributed by atoms with van der Waals surface area (Å²) in [7, 11) is 2.61. The van der Waals surface area contributed by atoms with E-state index in [0.29, 0.717) is 17.8 Å². The zero-order valence-corrected chi connectivity index (χ0v) is 18.1. The Kier molecular flexibility index (Phi) is 7.13. The second-order valence-electron chi connectivity index (χ2n) is 7.97. The van der Waals surface area contributed by atoms with Crippen LogP contribution in [0.2, 0.25) is 0 Å². The summed E-state index contributed by atoms with van der Waals surface area (Å²) < 4.78 is 10.1. The van der Waals surface area contributed by atoms with Crippen LogP contribution >= 0.6 is 0 Å². The third-order valence-electron chi connectivity index (χ3n) is 5.79. The minimum atomic E-state index is -1.42. The summed E-state index contributed by atoms with van der Waals surface area (Å²) in [6.07, 6.45) is 0.854. The van der Waals surface area contributed by atoms with Gasteiger partial charge in [0.1, 0.15) is 0 Å². The van der Waals surface area contributed by atoms with Crippen molar-refractivity contribution in [1.82, 2.24) is 5.32 Å². The summed E-state index contributed by atoms with van der Waals surface area (Å²) in [5.41, 5.74) is 1.41. The van der Waals surface area contributed by atoms with Crippen LogP contribution in [0.5, 0.6) is 0 Å². The van der Waals surface area contributed by atoms with E-state index >= 15 is 0 Å². The van der Waals surface area contributed by atoms with E-state index in [1.54, 1.807) is 6.92 Å². The highest BCUT2D eigenvalue weighted by Gasteiger charge is 2.52. The van der Waals surface area contributed by atoms with Crippen molar-refractivity contribution in [2.75, 3.05) is 20.8 Å². The maximum Gasteiger partial charge on any atom is 0.336 e. The molecule has 31 heavy (non-hydrogen) atoms. The lowest BCUT2D eigenvalue weighted by Crippen LogP contribution is -2.50. The van der Waals surface area contributed by atoms with Crippen molar-refractivity contribution in [3.05, 3.63) is 83.1 Å². The summed E-state index contributed by atoms with van der Waals surface area (Å²) in [5.74, 6) is -2.75. The van der Waals surface area contributed by atoms with Gasteiger partial charge in [-0.2, -0.15) is 0 Å². The number of methoxy groups -OCH3 is 2. The van der Waals surface area contributed by atoms with Crippen molar-refractivity contribution in [3.8, 4) is 0 Å². The molecule has 0 saturated heterocycles. The van der Waals surface area contributed by atoms with Crippen molar-refractivity contribution in [2.45, 2.75) is 31.3 Å². The largest absolute Gasteiger partial charge is 0.469 e. The van der Waals surface area contributed by atoms with Gasteiger partial charge in [-0.3, -0.25) is 4.79 Å². The van der Waals surface area contributed by atoms with Crippen LogP contribution in [0.4, 0.5) is 0 Å². The maximum absolute atomic E-state index is 12.9. The van der Waals surface area contributed by atoms with Crippen molar-refractivity contribution in [1.29, 1.82) is 0 Å². The SMILES string of the molecule is COC(=O)C1=C(NCCc2ccccc2)C[C@](C)(O)[C@@H](C(=O)OC)[C@@H]1c1ccccc1. The Bertz CT molecular complexity index is 937. The third kappa shape index (κ3) is 4.97. The second kappa shape index (κ2) is 9.79. The number of esters is 2. The van der Waals surface area contributed by atoms with Crippen LogP contribution in [0.1, 0.15) is 30.4 Å². The lowest BCUT2D eigenvalue weighted by atomic mass is 9.66. The lowest BCUT2D eigenvalue weighted by Gasteiger charge is -2.42. The molecule has 1 aliphatic rings. The highest BCUT2D eigenvalue weighted by Crippen LogP contribution is 2.47. The number of benzene rings is 2. The molecule has 0 bridgehead atoms. The quantitative estimate of drug-likeness (QED) is 0.666. The van der Waals surface area contributed by atoms with Gasteiger partial charge in [-0.15, -0.1) is 0 Å². The van der Waals surface area contributed by atoms with E-state index in [-0.39, 0.29) is 6.42 Å². The Morgan fingerprint density at radius 2 is 1.65 bits per heavy atom. The van der Waals surface area contributed by atoms with E-state index in [1.165, 1.54) is 14.2 Å². The number of ether oxygens (including phenoxy) is 2. The maximum atomic E-state index is 12.9. The van der Waals surface area contributed by atoms with E-state index in [0.717, 1.165) is 17.5 Å². The predicted molar refractivity (Wildman–Crippen MR) is 117 cm³/mol. The van der Waals surface area contributed by atoms with Crippen LogP contribution in [0.25, 0.3) is 0 Å². The summed E-state index contributed by atoms with van der Waals surface area (Å²) in [6, 6.07) is 19.2. The number of rotatable bonds is 7. The summed E-state index contributed by atoms with van der Waals surface area (Å²) in [4.78, 5) is 25.7. The number of carbonyl (C=O) groups excluding carboxylic acids is 2. The molecule has 0 aromatic heterocycles. The molecule has 3 rings (SSSR count). The molecule has 2 aromatic carbocycles. The smallest absolute Gasteiger partial charge is 0.336 e. The molecular weight excluding hydrogens is 394 g/mol. The fourth-order valence-electron chi connectivity index (χ4n) is 4.33. The number of aliphatic hydroxyl groups is 1. The normalized spacial score (nSPS) is 23.2. The standard InChI is InChI=1S/C25H29NO5/c1-25(29)16-19(26-15-14-17-10-6-4-7-11-17)21(23(27)30-2)20(22(25)24(28)31-3)18-12-8-5-9-13-18/h4-13,20,22,26,29H,14-16H2,1-3H3/t20-,22-,25+/m1/s1. The first-order valence-electron chi connectivity index (χ1n) is 10.3. The van der Waals surface area contributed by atoms with Crippen molar-refractivity contribution < 1.29 is 24.2 Å². The topological polar surface area (TPSA) is 84.9 Å². The van der Waals surface area contributed by atoms with Gasteiger partial charge in [-0.25, -0.2) is 4.79 Å². The molecule has 3 atom stereocenters. The minimum absolute atomic E-state index is 0.106. The van der Waals surface area contributed by atoms with E-state index in [4.69, 9.17) is 9.47 Å². The van der Waals surface area contributed by atoms with Gasteiger partial charge in [0.15, 0.2) is 0 Å². The average molecular weight is 424 g/mol. The highest BCUT2D eigenvalue weighted by atomic mass is 16.5. The van der Waals surface area contributed by atoms with Crippen molar-refractivity contribution >= 4 is 11.9 Å². The number of nitrogens with one attached hydrogen (secondary N) is 1. The monoisotopic (exact) mass is 423 g/mol. The summed E-state index contributed by atoms with van der Waals surface area (Å²) in [6.45, 7) is 2.18. The fourth-order valence-corrected chi connectivity index (χ4v) is 4.33. The van der Waals surface area contributed by atoms with E-state index in [2.05, 4.69) is 5.32 Å². The molecule has 2 N–H and O–H groups in total. The number of hydrogen-bond donors (Lipinski definition) is 2. The second-order valence-corrected chi connectivity index (χ2v) is 7.97. The van der Waals surface area contributed by atoms with E-state index in [1.807, 2.05) is 60.7 Å². The van der Waals surface area contributed by atoms with Gasteiger partial charge < -0.3 is 19.9 Å². The van der Waals surface area contributed by atoms with Crippen molar-refractivity contribution in [2.24, 2.45) is 5.92 Å². The molecule has 0 saturated carbocycles. The molecule has 0 heterocycles. The minimum Gasteiger partial charge on any atom is -0.469 e. The molecular formula is C25H29NO5. The molecule has 2 aromatic rings. The first-order chi connectivity index (χ1) is 14.9. The van der Waals surface area contributed by atoms with Gasteiger partial charge in [0.2, 0.25) is 0 Å². The Morgan fingerprint density at radius 3 is 2.23 bits per heavy atom. The third-order valence-corrected chi connectivity index (χ3v) is 5.79. The van der Waals surface area contributed by atoms with Gasteiger partial charge >= 0.3 is 11.9 Å². The van der Waals surface area contributed by atoms with E-state index < -0.39 is 29.4 Å². The van der Waals surface area contributed by atoms with E-state index in [9.17, 15) is 14.7 Å². The zero-order valence-electron chi connectivity index (χ0n) is 18.1. The Balaban J connectivity index is 2.04. The summed E-state index contributed by atoms with van der Waals surface area (Å²) >= 11 is 0. The van der Waals surface area contributed by atoms with Crippen LogP contribution < -0.4 is 5.32 Å². The molecule has 0 aliphatic heterocycles. The molecule has 0 spiro atoms. The first-order valence-corrected chi connectivity index (χ1v) is 10.3. The van der Waals surface area contributed by atoms with Gasteiger partial charge in [-0.1, -0.05) is 60.7 Å². The average Bonchev–Trinajstić information content (AvgIpc) is 2.78. The Hall–Kier alpha value is -3.12. The van der Waals surface area contributed by atoms with Crippen LogP contribution in [-0.2, 0) is 25.5 Å². The molecule has 6 heteroatoms. The van der Waals surface area contributed by atoms with Crippen LogP contribution in [0.15, 0.2) is 71.9 Å². The molecule has 1 aliphatic carbocycles. The van der Waals surface area contributed by atoms with Crippen molar-refractivity contribution in [3.63, 3.8) is 0 Å². The summed E-state index contributed by atoms with van der Waals surface area (Å²) in [5, 5.41) is 14.6. The zero-order chi connectivity index (χ0) is 22.4. The first kappa shape index (κ1) is 22.6. The van der Waals surface area contributed by atoms with Gasteiger partial charge in [0.25, 0.3) is 0 Å². The van der Waals surface area contributed by atoms with Crippen LogP contribution in [-0.4, -0.2) is 43.4 Å². The van der Waals surface area contributed by atoms with Crippen LogP contribution in [0, 0.1) is 5.92 Å². The number of carbonyl (C=O) groups is 2. The Labute approximate surface area is 182 Å². The molecule has 0 unspecified atom stereocenters. The predicted octanol–water partition coefficient (Wildman–Crippen LogP) is 2.97. The van der Waals surface area contributed by atoms with Gasteiger partial charge in [0.05, 0.1) is 31.3 Å². The number of hydrogen-bond acceptors (Lipinski definition) is 6. The molecule has 164 valence electrons. The fraction of sp³-hybridized carbons (Fsp3) is 0.360. The Morgan fingerprint density at radius 1 is 1.03 bits per heavy atom. The molecule has 0 amide bonds. The van der Waals surface area contributed by atoms with Gasteiger partial charge in [0, 0.05) is 24.6 Å². The molecule has 0 radical (unpaired) electrons. The molecule has 0 fully saturated rings. The molecule has 6 nitrogen and oxygen atoms in total. The highest BCUT2D eigenvalue weighted by molar-refractivity contribution is 5.93. The van der Waals surface area contributed by atoms with Gasteiger partial charge in [-0.05, 0) is 24.5 Å². The van der Waals surface area contributed by atoms with Crippen LogP contribution in [0.3, 0.4) is 0 Å².